The first-order chi connectivity index (χ1) is 16.5. The van der Waals surface area contributed by atoms with E-state index >= 15 is 0 Å². The van der Waals surface area contributed by atoms with Crippen LogP contribution in [-0.4, -0.2) is 43.8 Å². The summed E-state index contributed by atoms with van der Waals surface area (Å²) in [4.78, 5) is 12.8. The Balaban J connectivity index is 1.28. The number of hydrogen-bond acceptors (Lipinski definition) is 5. The summed E-state index contributed by atoms with van der Waals surface area (Å²) in [7, 11) is 0. The van der Waals surface area contributed by atoms with E-state index in [1.165, 1.54) is 18.4 Å². The molecule has 0 amide bonds. The highest BCUT2D eigenvalue weighted by Crippen LogP contribution is 2.64. The fourth-order valence-electron chi connectivity index (χ4n) is 8.76. The highest BCUT2D eigenvalue weighted by Gasteiger charge is 2.61. The molecule has 190 valence electrons. The normalized spacial score (nSPS) is 49.1. The Morgan fingerprint density at radius 3 is 2.35 bits per heavy atom. The summed E-state index contributed by atoms with van der Waals surface area (Å²) in [5.41, 5.74) is 1.45. The number of allylic oxidation sites excluding steroid dienone is 1. The van der Waals surface area contributed by atoms with Gasteiger partial charge in [-0.3, -0.25) is 4.79 Å². The van der Waals surface area contributed by atoms with Crippen molar-refractivity contribution in [3.05, 3.63) is 11.6 Å². The number of ketones is 1. The summed E-state index contributed by atoms with van der Waals surface area (Å²) in [5.74, 6) is 2.22. The molecule has 0 spiro atoms. The van der Waals surface area contributed by atoms with E-state index in [2.05, 4.69) is 19.9 Å². The van der Waals surface area contributed by atoms with Gasteiger partial charge in [-0.05, 0) is 88.4 Å². The first-order valence-corrected chi connectivity index (χ1v) is 14.3. The summed E-state index contributed by atoms with van der Waals surface area (Å²) in [6.45, 7) is 6.37. The van der Waals surface area contributed by atoms with E-state index in [-0.39, 0.29) is 35.6 Å². The van der Waals surface area contributed by atoms with Crippen LogP contribution in [0.1, 0.15) is 97.3 Å². The van der Waals surface area contributed by atoms with E-state index in [0.29, 0.717) is 23.5 Å². The largest absolute Gasteiger partial charge is 0.353 e. The van der Waals surface area contributed by atoms with Gasteiger partial charge in [0.1, 0.15) is 5.78 Å². The zero-order chi connectivity index (χ0) is 23.3. The molecule has 5 nitrogen and oxygen atoms in total. The SMILES string of the molecule is C[C@]12CC[C@@H]3[C@@H](CC=C4CC(OC5CCCCO5)CC(OC5CCCCO5)[C@@]43C)[C@@H]1CCC2=O. The summed E-state index contributed by atoms with van der Waals surface area (Å²) >= 11 is 0. The fraction of sp³-hybridized carbons (Fsp3) is 0.897. The maximum Gasteiger partial charge on any atom is 0.157 e. The second kappa shape index (κ2) is 9.28. The first-order valence-electron chi connectivity index (χ1n) is 14.3. The lowest BCUT2D eigenvalue weighted by Crippen LogP contribution is -2.57. The zero-order valence-electron chi connectivity index (χ0n) is 21.3. The van der Waals surface area contributed by atoms with E-state index in [9.17, 15) is 4.79 Å². The number of Topliss-reactive ketones (excluding diaryl/α,β-unsaturated/α-hetero) is 1. The number of ether oxygens (including phenoxy) is 4. The van der Waals surface area contributed by atoms with Crippen molar-refractivity contribution >= 4 is 5.78 Å². The van der Waals surface area contributed by atoms with Gasteiger partial charge in [-0.15, -0.1) is 0 Å². The third-order valence-electron chi connectivity index (χ3n) is 10.8. The highest BCUT2D eigenvalue weighted by atomic mass is 16.7. The van der Waals surface area contributed by atoms with Gasteiger partial charge in [-0.1, -0.05) is 25.5 Å². The number of carbonyl (C=O) groups excluding carboxylic acids is 1. The predicted octanol–water partition coefficient (Wildman–Crippen LogP) is 5.95. The molecule has 0 aromatic rings. The van der Waals surface area contributed by atoms with Gasteiger partial charge in [0.25, 0.3) is 0 Å². The number of hydrogen-bond donors (Lipinski definition) is 0. The third-order valence-corrected chi connectivity index (χ3v) is 10.8. The predicted molar refractivity (Wildman–Crippen MR) is 129 cm³/mol. The molecule has 6 aliphatic rings. The van der Waals surface area contributed by atoms with Crippen LogP contribution in [0.2, 0.25) is 0 Å². The molecule has 5 fully saturated rings. The number of fused-ring (bicyclic) bond motifs is 5. The molecule has 4 aliphatic carbocycles. The maximum atomic E-state index is 12.8. The first kappa shape index (κ1) is 23.6. The van der Waals surface area contributed by atoms with Gasteiger partial charge in [-0.25, -0.2) is 0 Å². The van der Waals surface area contributed by atoms with Gasteiger partial charge in [0.05, 0.1) is 12.2 Å². The van der Waals surface area contributed by atoms with Crippen LogP contribution in [0.4, 0.5) is 0 Å². The van der Waals surface area contributed by atoms with Crippen molar-refractivity contribution in [2.75, 3.05) is 13.2 Å². The molecule has 2 heterocycles. The Labute approximate surface area is 205 Å². The van der Waals surface area contributed by atoms with Crippen LogP contribution < -0.4 is 0 Å². The highest BCUT2D eigenvalue weighted by molar-refractivity contribution is 5.87. The topological polar surface area (TPSA) is 54.0 Å². The molecule has 0 aromatic heterocycles. The summed E-state index contributed by atoms with van der Waals surface area (Å²) in [6, 6.07) is 0. The van der Waals surface area contributed by atoms with Crippen LogP contribution >= 0.6 is 0 Å². The van der Waals surface area contributed by atoms with E-state index in [0.717, 1.165) is 83.8 Å². The van der Waals surface area contributed by atoms with Gasteiger partial charge < -0.3 is 18.9 Å². The van der Waals surface area contributed by atoms with E-state index < -0.39 is 0 Å². The third kappa shape index (κ3) is 3.93. The van der Waals surface area contributed by atoms with E-state index in [1.54, 1.807) is 0 Å². The second-order valence-corrected chi connectivity index (χ2v) is 12.5. The van der Waals surface area contributed by atoms with Gasteiger partial charge in [-0.2, -0.15) is 0 Å². The van der Waals surface area contributed by atoms with Crippen LogP contribution in [0.3, 0.4) is 0 Å². The maximum absolute atomic E-state index is 12.8. The molecule has 5 heteroatoms. The van der Waals surface area contributed by atoms with Gasteiger partial charge in [0, 0.05) is 36.9 Å². The Bertz CT molecular complexity index is 796. The average molecular weight is 473 g/mol. The van der Waals surface area contributed by atoms with E-state index in [4.69, 9.17) is 18.9 Å². The molecule has 0 aromatic carbocycles. The van der Waals surface area contributed by atoms with Crippen LogP contribution in [0.15, 0.2) is 11.6 Å². The molecule has 0 N–H and O–H groups in total. The lowest BCUT2D eigenvalue weighted by Gasteiger charge is -2.59. The minimum Gasteiger partial charge on any atom is -0.353 e. The molecule has 34 heavy (non-hydrogen) atoms. The average Bonchev–Trinajstić information content (AvgIpc) is 3.16. The summed E-state index contributed by atoms with van der Waals surface area (Å²) < 4.78 is 25.4. The Kier molecular flexibility index (Phi) is 6.45. The minimum absolute atomic E-state index is 0.00394. The van der Waals surface area contributed by atoms with Gasteiger partial charge in [0.15, 0.2) is 12.6 Å². The minimum atomic E-state index is -0.0937. The van der Waals surface area contributed by atoms with Crippen molar-refractivity contribution in [1.29, 1.82) is 0 Å². The molecule has 2 saturated heterocycles. The molecule has 3 saturated carbocycles. The zero-order valence-corrected chi connectivity index (χ0v) is 21.3. The molecular formula is C29H44O5. The van der Waals surface area contributed by atoms with Crippen LogP contribution in [0, 0.1) is 28.6 Å². The lowest BCUT2D eigenvalue weighted by atomic mass is 9.47. The van der Waals surface area contributed by atoms with Gasteiger partial charge in [0.2, 0.25) is 0 Å². The standard InChI is InChI=1S/C29H44O5/c1-28-14-13-23-21(22(28)11-12-24(28)30)10-9-19-17-20(33-26-7-3-5-15-31-26)18-25(29(19,23)2)34-27-8-4-6-16-32-27/h9,20-23,25-27H,3-8,10-18H2,1-2H3/t20?,21-,22-,23+,25?,26?,27?,28-,29-/m0/s1. The van der Waals surface area contributed by atoms with Crippen LogP contribution in [0.5, 0.6) is 0 Å². The number of rotatable bonds is 4. The Hall–Kier alpha value is -0.750. The fourth-order valence-corrected chi connectivity index (χ4v) is 8.76. The van der Waals surface area contributed by atoms with E-state index in [1.807, 2.05) is 0 Å². The van der Waals surface area contributed by atoms with Crippen molar-refractivity contribution in [3.63, 3.8) is 0 Å². The molecular weight excluding hydrogens is 428 g/mol. The summed E-state index contributed by atoms with van der Waals surface area (Å²) in [5, 5.41) is 0. The molecule has 6 rings (SSSR count). The molecule has 2 aliphatic heterocycles. The van der Waals surface area contributed by atoms with Crippen molar-refractivity contribution in [3.8, 4) is 0 Å². The Morgan fingerprint density at radius 2 is 1.65 bits per heavy atom. The van der Waals surface area contributed by atoms with Crippen molar-refractivity contribution in [1.82, 2.24) is 0 Å². The summed E-state index contributed by atoms with van der Waals surface area (Å²) in [6.07, 6.45) is 16.3. The van der Waals surface area contributed by atoms with Crippen molar-refractivity contribution < 1.29 is 23.7 Å². The van der Waals surface area contributed by atoms with Crippen molar-refractivity contribution in [2.24, 2.45) is 28.6 Å². The molecule has 4 unspecified atom stereocenters. The quantitative estimate of drug-likeness (QED) is 0.473. The second-order valence-electron chi connectivity index (χ2n) is 12.5. The van der Waals surface area contributed by atoms with Crippen LogP contribution in [0.25, 0.3) is 0 Å². The molecule has 0 radical (unpaired) electrons. The lowest BCUT2D eigenvalue weighted by molar-refractivity contribution is -0.248. The monoisotopic (exact) mass is 472 g/mol. The van der Waals surface area contributed by atoms with Crippen molar-refractivity contribution in [2.45, 2.75) is 122 Å². The molecule has 0 bridgehead atoms. The Morgan fingerprint density at radius 1 is 0.912 bits per heavy atom. The van der Waals surface area contributed by atoms with Crippen LogP contribution in [-0.2, 0) is 23.7 Å². The smallest absolute Gasteiger partial charge is 0.157 e. The van der Waals surface area contributed by atoms with Gasteiger partial charge >= 0.3 is 0 Å². The number of carbonyl (C=O) groups is 1. The molecule has 9 atom stereocenters.